The zero-order valence-corrected chi connectivity index (χ0v) is 19.0. The van der Waals surface area contributed by atoms with Gasteiger partial charge in [0.2, 0.25) is 0 Å². The van der Waals surface area contributed by atoms with Crippen LogP contribution in [-0.4, -0.2) is 47.9 Å². The highest BCUT2D eigenvalue weighted by atomic mass is 16.5. The first-order valence-corrected chi connectivity index (χ1v) is 11.2. The lowest BCUT2D eigenvalue weighted by Crippen LogP contribution is -2.29. The van der Waals surface area contributed by atoms with Crippen LogP contribution in [0.4, 0.5) is 0 Å². The minimum Gasteiger partial charge on any atom is -0.495 e. The molecule has 172 valence electrons. The van der Waals surface area contributed by atoms with Gasteiger partial charge in [-0.05, 0) is 48.7 Å². The van der Waals surface area contributed by atoms with Crippen molar-refractivity contribution in [3.05, 3.63) is 59.2 Å². The monoisotopic (exact) mass is 448 g/mol. The molecule has 1 aliphatic heterocycles. The van der Waals surface area contributed by atoms with E-state index in [1.54, 1.807) is 21.3 Å². The molecule has 1 saturated carbocycles. The van der Waals surface area contributed by atoms with Gasteiger partial charge in [-0.3, -0.25) is 4.99 Å². The molecule has 2 N–H and O–H groups in total. The average Bonchev–Trinajstić information content (AvgIpc) is 3.19. The third-order valence-electron chi connectivity index (χ3n) is 6.77. The van der Waals surface area contributed by atoms with E-state index in [4.69, 9.17) is 19.2 Å². The maximum absolute atomic E-state index is 10.3. The molecule has 0 amide bonds. The number of aromatic hydroxyl groups is 2. The van der Waals surface area contributed by atoms with Crippen LogP contribution in [-0.2, 0) is 0 Å². The number of hydrogen-bond donors (Lipinski definition) is 2. The zero-order valence-electron chi connectivity index (χ0n) is 19.0. The standard InChI is InChI=1S/C26H28N2O5/c1-31-21-9-8-15(12-20(21)28-24(29)10-11-25(28)30)26-18-14-23(33-3)22(32-2)13-17(18)16-6-4-5-7-19(16)27-26/h8-14,16,19,29-30H,4-7H2,1-3H3/t16-,19-/m1/s1. The fraction of sp³-hybridized carbons (Fsp3) is 0.346. The lowest BCUT2D eigenvalue weighted by Gasteiger charge is -2.36. The molecule has 2 aromatic carbocycles. The van der Waals surface area contributed by atoms with Crippen LogP contribution in [0.3, 0.4) is 0 Å². The van der Waals surface area contributed by atoms with Crippen LogP contribution in [0.15, 0.2) is 47.5 Å². The second kappa shape index (κ2) is 8.39. The molecule has 1 fully saturated rings. The van der Waals surface area contributed by atoms with Gasteiger partial charge < -0.3 is 24.4 Å². The molecule has 2 heterocycles. The third kappa shape index (κ3) is 3.48. The number of nitrogens with zero attached hydrogens (tertiary/aromatic N) is 2. The highest BCUT2D eigenvalue weighted by Crippen LogP contribution is 2.45. The zero-order chi connectivity index (χ0) is 23.1. The number of rotatable bonds is 5. The Morgan fingerprint density at radius 2 is 1.48 bits per heavy atom. The van der Waals surface area contributed by atoms with Gasteiger partial charge in [0, 0.05) is 29.2 Å². The summed E-state index contributed by atoms with van der Waals surface area (Å²) in [6.45, 7) is 0. The van der Waals surface area contributed by atoms with Crippen LogP contribution in [0.1, 0.15) is 48.3 Å². The van der Waals surface area contributed by atoms with Gasteiger partial charge in [-0.1, -0.05) is 12.8 Å². The van der Waals surface area contributed by atoms with Crippen molar-refractivity contribution in [1.29, 1.82) is 0 Å². The second-order valence-corrected chi connectivity index (χ2v) is 8.50. The van der Waals surface area contributed by atoms with E-state index in [1.165, 1.54) is 35.1 Å². The Morgan fingerprint density at radius 1 is 0.818 bits per heavy atom. The lowest BCUT2D eigenvalue weighted by atomic mass is 9.75. The molecule has 0 bridgehead atoms. The van der Waals surface area contributed by atoms with Crippen LogP contribution < -0.4 is 14.2 Å². The summed E-state index contributed by atoms with van der Waals surface area (Å²) >= 11 is 0. The molecule has 2 atom stereocenters. The minimum absolute atomic E-state index is 0.0762. The first-order chi connectivity index (χ1) is 16.0. The number of fused-ring (bicyclic) bond motifs is 3. The highest BCUT2D eigenvalue weighted by molar-refractivity contribution is 6.15. The van der Waals surface area contributed by atoms with E-state index in [0.717, 1.165) is 35.4 Å². The summed E-state index contributed by atoms with van der Waals surface area (Å²) in [6, 6.07) is 12.9. The van der Waals surface area contributed by atoms with E-state index in [-0.39, 0.29) is 17.8 Å². The molecule has 0 saturated heterocycles. The molecule has 2 aliphatic rings. The van der Waals surface area contributed by atoms with Gasteiger partial charge in [-0.25, -0.2) is 4.57 Å². The molecule has 1 aromatic heterocycles. The van der Waals surface area contributed by atoms with Gasteiger partial charge in [0.1, 0.15) is 5.75 Å². The van der Waals surface area contributed by atoms with Crippen LogP contribution in [0.25, 0.3) is 5.69 Å². The number of aromatic nitrogens is 1. The quantitative estimate of drug-likeness (QED) is 0.586. The number of ether oxygens (including phenoxy) is 3. The molecular formula is C26H28N2O5. The van der Waals surface area contributed by atoms with Crippen molar-refractivity contribution in [2.75, 3.05) is 21.3 Å². The smallest absolute Gasteiger partial charge is 0.198 e. The van der Waals surface area contributed by atoms with Gasteiger partial charge >= 0.3 is 0 Å². The van der Waals surface area contributed by atoms with Gasteiger partial charge in [-0.2, -0.15) is 0 Å². The number of hydrogen-bond acceptors (Lipinski definition) is 6. The first-order valence-electron chi connectivity index (χ1n) is 11.2. The number of aliphatic imine (C=N–C) groups is 1. The summed E-state index contributed by atoms with van der Waals surface area (Å²) in [4.78, 5) is 5.21. The molecule has 7 heteroatoms. The maximum atomic E-state index is 10.3. The normalized spacial score (nSPS) is 19.3. The predicted molar refractivity (Wildman–Crippen MR) is 126 cm³/mol. The Kier molecular flexibility index (Phi) is 5.40. The van der Waals surface area contributed by atoms with Crippen LogP contribution in [0.2, 0.25) is 0 Å². The van der Waals surface area contributed by atoms with E-state index in [2.05, 4.69) is 6.07 Å². The summed E-state index contributed by atoms with van der Waals surface area (Å²) < 4.78 is 18.1. The highest BCUT2D eigenvalue weighted by Gasteiger charge is 2.35. The molecule has 0 unspecified atom stereocenters. The lowest BCUT2D eigenvalue weighted by molar-refractivity contribution is 0.349. The fourth-order valence-electron chi connectivity index (χ4n) is 5.17. The molecule has 3 aromatic rings. The molecule has 0 spiro atoms. The van der Waals surface area contributed by atoms with Gasteiger partial charge in [-0.15, -0.1) is 0 Å². The van der Waals surface area contributed by atoms with Crippen molar-refractivity contribution in [2.24, 2.45) is 4.99 Å². The Hall–Kier alpha value is -3.61. The van der Waals surface area contributed by atoms with Gasteiger partial charge in [0.15, 0.2) is 23.3 Å². The summed E-state index contributed by atoms with van der Waals surface area (Å²) in [5, 5.41) is 20.7. The molecule has 7 nitrogen and oxygen atoms in total. The van der Waals surface area contributed by atoms with Gasteiger partial charge in [0.05, 0.1) is 38.8 Å². The van der Waals surface area contributed by atoms with Crippen molar-refractivity contribution in [3.63, 3.8) is 0 Å². The van der Waals surface area contributed by atoms with E-state index >= 15 is 0 Å². The topological polar surface area (TPSA) is 85.4 Å². The molecule has 33 heavy (non-hydrogen) atoms. The van der Waals surface area contributed by atoms with E-state index < -0.39 is 0 Å². The molecule has 1 aliphatic carbocycles. The van der Waals surface area contributed by atoms with Crippen LogP contribution in [0.5, 0.6) is 29.0 Å². The maximum Gasteiger partial charge on any atom is 0.198 e. The number of benzene rings is 2. The summed E-state index contributed by atoms with van der Waals surface area (Å²) in [5.74, 6) is 2.11. The Morgan fingerprint density at radius 3 is 2.18 bits per heavy atom. The Balaban J connectivity index is 1.71. The Bertz CT molecular complexity index is 1210. The predicted octanol–water partition coefficient (Wildman–Crippen LogP) is 4.79. The van der Waals surface area contributed by atoms with Crippen LogP contribution >= 0.6 is 0 Å². The van der Waals surface area contributed by atoms with Crippen molar-refractivity contribution < 1.29 is 24.4 Å². The SMILES string of the molecule is COc1cc2c(cc1OC)[C@H]1CCCC[C@H]1N=C2c1ccc(OC)c(-n2c(O)ccc2O)c1. The van der Waals surface area contributed by atoms with Crippen molar-refractivity contribution in [1.82, 2.24) is 4.57 Å². The van der Waals surface area contributed by atoms with Crippen LogP contribution in [0, 0.1) is 0 Å². The largest absolute Gasteiger partial charge is 0.495 e. The van der Waals surface area contributed by atoms with E-state index in [0.29, 0.717) is 23.1 Å². The van der Waals surface area contributed by atoms with Crippen molar-refractivity contribution in [3.8, 4) is 34.7 Å². The number of methoxy groups -OCH3 is 3. The molecule has 5 rings (SSSR count). The minimum atomic E-state index is -0.0762. The van der Waals surface area contributed by atoms with Crippen molar-refractivity contribution in [2.45, 2.75) is 37.6 Å². The first kappa shape index (κ1) is 21.2. The van der Waals surface area contributed by atoms with E-state index in [9.17, 15) is 10.2 Å². The third-order valence-corrected chi connectivity index (χ3v) is 6.77. The summed E-state index contributed by atoms with van der Waals surface area (Å²) in [7, 11) is 4.86. The molecular weight excluding hydrogens is 420 g/mol. The van der Waals surface area contributed by atoms with E-state index in [1.807, 2.05) is 24.3 Å². The molecule has 0 radical (unpaired) electrons. The van der Waals surface area contributed by atoms with Gasteiger partial charge in [0.25, 0.3) is 0 Å². The average molecular weight is 449 g/mol. The fourth-order valence-corrected chi connectivity index (χ4v) is 5.17. The summed E-state index contributed by atoms with van der Waals surface area (Å²) in [6.07, 6.45) is 4.51. The second-order valence-electron chi connectivity index (χ2n) is 8.50. The van der Waals surface area contributed by atoms with Crippen molar-refractivity contribution >= 4 is 5.71 Å². The summed E-state index contributed by atoms with van der Waals surface area (Å²) in [5.41, 5.74) is 4.52. The Labute approximate surface area is 192 Å².